The molecule has 0 aliphatic carbocycles. The van der Waals surface area contributed by atoms with Gasteiger partial charge in [-0.25, -0.2) is 0 Å². The van der Waals surface area contributed by atoms with Gasteiger partial charge in [0.15, 0.2) is 0 Å². The average Bonchev–Trinajstić information content (AvgIpc) is 2.82. The summed E-state index contributed by atoms with van der Waals surface area (Å²) >= 11 is 0. The summed E-state index contributed by atoms with van der Waals surface area (Å²) in [5.41, 5.74) is 4.43. The Labute approximate surface area is 113 Å². The van der Waals surface area contributed by atoms with Gasteiger partial charge in [0.25, 0.3) is 11.6 Å². The first-order chi connectivity index (χ1) is 9.33. The molecule has 1 saturated heterocycles. The molecule has 0 radical (unpaired) electrons. The van der Waals surface area contributed by atoms with Crippen molar-refractivity contribution in [3.05, 3.63) is 39.9 Å². The largest absolute Gasteiger partial charge is 0.480 e. The summed E-state index contributed by atoms with van der Waals surface area (Å²) in [7, 11) is 0. The van der Waals surface area contributed by atoms with Crippen LogP contribution in [0.3, 0.4) is 0 Å². The number of nitrogens with two attached hydrogens (primary N) is 1. The Morgan fingerprint density at radius 1 is 1.35 bits per heavy atom. The SMILES string of the molecule is NC1(C(=O)O)CCN(C(=O)c2ccc([N+](=O)[O-])cc2)C1. The number of carboxylic acids is 1. The van der Waals surface area contributed by atoms with Gasteiger partial charge >= 0.3 is 5.97 Å². The Hall–Kier alpha value is -2.48. The highest BCUT2D eigenvalue weighted by atomic mass is 16.6. The molecule has 1 atom stereocenters. The van der Waals surface area contributed by atoms with Crippen LogP contribution in [0, 0.1) is 10.1 Å². The van der Waals surface area contributed by atoms with E-state index in [1.54, 1.807) is 0 Å². The topological polar surface area (TPSA) is 127 Å². The van der Waals surface area contributed by atoms with Gasteiger partial charge in [-0.05, 0) is 18.6 Å². The lowest BCUT2D eigenvalue weighted by atomic mass is 10.0. The molecule has 0 bridgehead atoms. The van der Waals surface area contributed by atoms with Crippen LogP contribution in [0.25, 0.3) is 0 Å². The Kier molecular flexibility index (Phi) is 3.41. The minimum absolute atomic E-state index is 0.0713. The monoisotopic (exact) mass is 279 g/mol. The number of carbonyl (C=O) groups excluding carboxylic acids is 1. The van der Waals surface area contributed by atoms with Crippen LogP contribution in [0.5, 0.6) is 0 Å². The molecule has 8 nitrogen and oxygen atoms in total. The standard InChI is InChI=1S/C12H13N3O5/c13-12(11(17)18)5-6-14(7-12)10(16)8-1-3-9(4-2-8)15(19)20/h1-4H,5-7,13H2,(H,17,18). The smallest absolute Gasteiger partial charge is 0.325 e. The fourth-order valence-electron chi connectivity index (χ4n) is 2.09. The zero-order chi connectivity index (χ0) is 14.9. The lowest BCUT2D eigenvalue weighted by Gasteiger charge is -2.20. The van der Waals surface area contributed by atoms with E-state index in [2.05, 4.69) is 0 Å². The van der Waals surface area contributed by atoms with Gasteiger partial charge in [-0.3, -0.25) is 19.7 Å². The first-order valence-electron chi connectivity index (χ1n) is 5.89. The Bertz CT molecular complexity index is 571. The second-order valence-electron chi connectivity index (χ2n) is 4.74. The summed E-state index contributed by atoms with van der Waals surface area (Å²) in [6.07, 6.45) is 0.182. The van der Waals surface area contributed by atoms with E-state index in [-0.39, 0.29) is 36.7 Å². The number of nitro benzene ring substituents is 1. The number of carbonyl (C=O) groups is 2. The van der Waals surface area contributed by atoms with Gasteiger partial charge in [0.05, 0.1) is 4.92 Å². The van der Waals surface area contributed by atoms with Gasteiger partial charge in [0.2, 0.25) is 0 Å². The second-order valence-corrected chi connectivity index (χ2v) is 4.74. The van der Waals surface area contributed by atoms with E-state index >= 15 is 0 Å². The molecule has 1 fully saturated rings. The van der Waals surface area contributed by atoms with Gasteiger partial charge in [-0.1, -0.05) is 0 Å². The number of likely N-dealkylation sites (tertiary alicyclic amines) is 1. The van der Waals surface area contributed by atoms with Crippen LogP contribution in [-0.2, 0) is 4.79 Å². The van der Waals surface area contributed by atoms with E-state index in [4.69, 9.17) is 10.8 Å². The maximum atomic E-state index is 12.1. The predicted molar refractivity (Wildman–Crippen MR) is 68.2 cm³/mol. The first kappa shape index (κ1) is 13.9. The van der Waals surface area contributed by atoms with E-state index in [1.165, 1.54) is 29.2 Å². The third kappa shape index (κ3) is 2.45. The molecule has 2 rings (SSSR count). The molecule has 0 aromatic heterocycles. The van der Waals surface area contributed by atoms with E-state index in [9.17, 15) is 19.7 Å². The molecule has 1 unspecified atom stereocenters. The van der Waals surface area contributed by atoms with Crippen LogP contribution < -0.4 is 5.73 Å². The Morgan fingerprint density at radius 2 is 1.95 bits per heavy atom. The maximum Gasteiger partial charge on any atom is 0.325 e. The number of carboxylic acid groups (broad SMARTS) is 1. The molecule has 1 aromatic carbocycles. The van der Waals surface area contributed by atoms with Crippen molar-refractivity contribution in [1.29, 1.82) is 0 Å². The van der Waals surface area contributed by atoms with Crippen molar-refractivity contribution in [3.8, 4) is 0 Å². The summed E-state index contributed by atoms with van der Waals surface area (Å²) in [6.45, 7) is 0.177. The number of amides is 1. The number of nitro groups is 1. The zero-order valence-corrected chi connectivity index (χ0v) is 10.5. The first-order valence-corrected chi connectivity index (χ1v) is 5.89. The number of non-ortho nitro benzene ring substituents is 1. The number of hydrogen-bond donors (Lipinski definition) is 2. The molecule has 0 spiro atoms. The van der Waals surface area contributed by atoms with Crippen molar-refractivity contribution < 1.29 is 19.6 Å². The van der Waals surface area contributed by atoms with E-state index in [0.29, 0.717) is 0 Å². The summed E-state index contributed by atoms with van der Waals surface area (Å²) in [5, 5.41) is 19.5. The zero-order valence-electron chi connectivity index (χ0n) is 10.5. The van der Waals surface area contributed by atoms with Gasteiger partial charge in [0, 0.05) is 30.8 Å². The molecule has 106 valence electrons. The molecule has 1 aliphatic heterocycles. The molecule has 20 heavy (non-hydrogen) atoms. The molecule has 1 aliphatic rings. The fourth-order valence-corrected chi connectivity index (χ4v) is 2.09. The summed E-state index contributed by atoms with van der Waals surface area (Å²) in [6, 6.07) is 5.15. The molecule has 0 saturated carbocycles. The lowest BCUT2D eigenvalue weighted by Crippen LogP contribution is -2.50. The molecule has 1 heterocycles. The van der Waals surface area contributed by atoms with Crippen molar-refractivity contribution in [2.24, 2.45) is 5.73 Å². The minimum Gasteiger partial charge on any atom is -0.480 e. The molecule has 8 heteroatoms. The summed E-state index contributed by atoms with van der Waals surface area (Å²) < 4.78 is 0. The van der Waals surface area contributed by atoms with Crippen LogP contribution >= 0.6 is 0 Å². The van der Waals surface area contributed by atoms with Crippen LogP contribution in [-0.4, -0.2) is 45.4 Å². The Balaban J connectivity index is 2.13. The lowest BCUT2D eigenvalue weighted by molar-refractivity contribution is -0.384. The predicted octanol–water partition coefficient (Wildman–Crippen LogP) is 0.223. The molecular formula is C12H13N3O5. The summed E-state index contributed by atoms with van der Waals surface area (Å²) in [4.78, 5) is 34.5. The second kappa shape index (κ2) is 4.89. The van der Waals surface area contributed by atoms with Gasteiger partial charge in [0.1, 0.15) is 5.54 Å². The normalized spacial score (nSPS) is 21.8. The number of rotatable bonds is 3. The molecule has 3 N–H and O–H groups in total. The van der Waals surface area contributed by atoms with Crippen molar-refractivity contribution >= 4 is 17.6 Å². The third-order valence-corrected chi connectivity index (χ3v) is 3.34. The highest BCUT2D eigenvalue weighted by Gasteiger charge is 2.43. The Morgan fingerprint density at radius 3 is 2.40 bits per heavy atom. The third-order valence-electron chi connectivity index (χ3n) is 3.34. The fraction of sp³-hybridized carbons (Fsp3) is 0.333. The quantitative estimate of drug-likeness (QED) is 0.602. The van der Waals surface area contributed by atoms with Crippen molar-refractivity contribution in [3.63, 3.8) is 0 Å². The minimum atomic E-state index is -1.42. The van der Waals surface area contributed by atoms with Crippen molar-refractivity contribution in [1.82, 2.24) is 4.90 Å². The van der Waals surface area contributed by atoms with Gasteiger partial charge in [-0.15, -0.1) is 0 Å². The highest BCUT2D eigenvalue weighted by molar-refractivity contribution is 5.95. The number of hydrogen-bond acceptors (Lipinski definition) is 5. The maximum absolute atomic E-state index is 12.1. The van der Waals surface area contributed by atoms with E-state index in [1.807, 2.05) is 0 Å². The van der Waals surface area contributed by atoms with E-state index in [0.717, 1.165) is 0 Å². The van der Waals surface area contributed by atoms with E-state index < -0.39 is 16.4 Å². The molecular weight excluding hydrogens is 266 g/mol. The number of benzene rings is 1. The van der Waals surface area contributed by atoms with Crippen LogP contribution in [0.4, 0.5) is 5.69 Å². The van der Waals surface area contributed by atoms with Crippen LogP contribution in [0.15, 0.2) is 24.3 Å². The van der Waals surface area contributed by atoms with Crippen molar-refractivity contribution in [2.45, 2.75) is 12.0 Å². The highest BCUT2D eigenvalue weighted by Crippen LogP contribution is 2.22. The van der Waals surface area contributed by atoms with Gasteiger partial charge in [-0.2, -0.15) is 0 Å². The van der Waals surface area contributed by atoms with Gasteiger partial charge < -0.3 is 15.7 Å². The summed E-state index contributed by atoms with van der Waals surface area (Å²) in [5.74, 6) is -1.52. The van der Waals surface area contributed by atoms with Crippen LogP contribution in [0.2, 0.25) is 0 Å². The molecule has 1 aromatic rings. The molecule has 1 amide bonds. The number of nitrogens with zero attached hydrogens (tertiary/aromatic N) is 2. The van der Waals surface area contributed by atoms with Crippen LogP contribution in [0.1, 0.15) is 16.8 Å². The van der Waals surface area contributed by atoms with Crippen molar-refractivity contribution in [2.75, 3.05) is 13.1 Å². The number of aliphatic carboxylic acids is 1. The average molecular weight is 279 g/mol.